The molecule has 108 valence electrons. The summed E-state index contributed by atoms with van der Waals surface area (Å²) < 4.78 is 38.0. The zero-order valence-corrected chi connectivity index (χ0v) is 11.1. The van der Waals surface area contributed by atoms with E-state index in [0.29, 0.717) is 17.9 Å². The molecule has 2 rings (SSSR count). The molecule has 0 saturated heterocycles. The third-order valence-corrected chi connectivity index (χ3v) is 2.83. The van der Waals surface area contributed by atoms with E-state index in [1.165, 1.54) is 6.07 Å². The molecule has 0 amide bonds. The highest BCUT2D eigenvalue weighted by molar-refractivity contribution is 5.56. The van der Waals surface area contributed by atoms with Crippen molar-refractivity contribution in [2.24, 2.45) is 0 Å². The summed E-state index contributed by atoms with van der Waals surface area (Å²) in [5, 5.41) is 3.20. The second kappa shape index (κ2) is 6.09. The fourth-order valence-corrected chi connectivity index (χ4v) is 1.84. The minimum atomic E-state index is -4.34. The monoisotopic (exact) mass is 283 g/mol. The molecular formula is C14H16F3N3. The minimum Gasteiger partial charge on any atom is -0.341 e. The summed E-state index contributed by atoms with van der Waals surface area (Å²) in [4.78, 5) is 7.15. The summed E-state index contributed by atoms with van der Waals surface area (Å²) in [7, 11) is 0. The average molecular weight is 283 g/mol. The second-order valence-corrected chi connectivity index (χ2v) is 4.51. The molecule has 1 aromatic heterocycles. The fraction of sp³-hybridized carbons (Fsp3) is 0.357. The molecule has 0 aliphatic carbocycles. The van der Waals surface area contributed by atoms with Gasteiger partial charge in [0.2, 0.25) is 0 Å². The Morgan fingerprint density at radius 3 is 2.80 bits per heavy atom. The van der Waals surface area contributed by atoms with Crippen LogP contribution < -0.4 is 5.32 Å². The Hall–Kier alpha value is -1.82. The summed E-state index contributed by atoms with van der Waals surface area (Å²) in [6.07, 6.45) is -1.68. The molecule has 0 fully saturated rings. The van der Waals surface area contributed by atoms with Crippen LogP contribution in [0.25, 0.3) is 11.4 Å². The van der Waals surface area contributed by atoms with E-state index in [4.69, 9.17) is 0 Å². The van der Waals surface area contributed by atoms with E-state index >= 15 is 0 Å². The van der Waals surface area contributed by atoms with Gasteiger partial charge in [-0.3, -0.25) is 0 Å². The van der Waals surface area contributed by atoms with Crippen LogP contribution in [0, 0.1) is 0 Å². The highest BCUT2D eigenvalue weighted by Crippen LogP contribution is 2.31. The number of aromatic nitrogens is 2. The van der Waals surface area contributed by atoms with Gasteiger partial charge < -0.3 is 10.3 Å². The number of aromatic amines is 1. The minimum absolute atomic E-state index is 0.432. The normalized spacial score (nSPS) is 11.8. The SMILES string of the molecule is CCCNCc1cnc(-c2cccc(C(F)(F)F)c2)[nH]1. The third-order valence-electron chi connectivity index (χ3n) is 2.83. The largest absolute Gasteiger partial charge is 0.416 e. The lowest BCUT2D eigenvalue weighted by atomic mass is 10.1. The molecule has 0 atom stereocenters. The van der Waals surface area contributed by atoms with E-state index in [1.54, 1.807) is 12.3 Å². The van der Waals surface area contributed by atoms with Gasteiger partial charge in [-0.1, -0.05) is 19.1 Å². The molecule has 2 aromatic rings. The number of imidazole rings is 1. The van der Waals surface area contributed by atoms with Crippen molar-refractivity contribution in [3.8, 4) is 11.4 Å². The van der Waals surface area contributed by atoms with Crippen molar-refractivity contribution in [2.75, 3.05) is 6.54 Å². The number of benzene rings is 1. The van der Waals surface area contributed by atoms with Crippen molar-refractivity contribution in [1.82, 2.24) is 15.3 Å². The van der Waals surface area contributed by atoms with E-state index in [2.05, 4.69) is 22.2 Å². The van der Waals surface area contributed by atoms with Crippen molar-refractivity contribution in [1.29, 1.82) is 0 Å². The van der Waals surface area contributed by atoms with Gasteiger partial charge in [-0.25, -0.2) is 4.98 Å². The van der Waals surface area contributed by atoms with Crippen LogP contribution in [0.15, 0.2) is 30.5 Å². The summed E-state index contributed by atoms with van der Waals surface area (Å²) in [6.45, 7) is 3.58. The standard InChI is InChI=1S/C14H16F3N3/c1-2-6-18-8-12-9-19-13(20-12)10-4-3-5-11(7-10)14(15,16)17/h3-5,7,9,18H,2,6,8H2,1H3,(H,19,20). The first-order valence-electron chi connectivity index (χ1n) is 6.43. The number of nitrogens with one attached hydrogen (secondary N) is 2. The van der Waals surface area contributed by atoms with Gasteiger partial charge in [0.15, 0.2) is 0 Å². The summed E-state index contributed by atoms with van der Waals surface area (Å²) in [5.41, 5.74) is 0.615. The lowest BCUT2D eigenvalue weighted by molar-refractivity contribution is -0.137. The van der Waals surface area contributed by atoms with Gasteiger partial charge in [-0.15, -0.1) is 0 Å². The van der Waals surface area contributed by atoms with Crippen LogP contribution in [0.5, 0.6) is 0 Å². The van der Waals surface area contributed by atoms with Crippen LogP contribution in [-0.2, 0) is 12.7 Å². The quantitative estimate of drug-likeness (QED) is 0.823. The first-order chi connectivity index (χ1) is 9.50. The molecule has 0 bridgehead atoms. The molecule has 0 aliphatic heterocycles. The van der Waals surface area contributed by atoms with E-state index in [0.717, 1.165) is 30.8 Å². The Morgan fingerprint density at radius 1 is 1.30 bits per heavy atom. The maximum Gasteiger partial charge on any atom is 0.416 e. The van der Waals surface area contributed by atoms with E-state index in [1.807, 2.05) is 0 Å². The molecule has 0 unspecified atom stereocenters. The van der Waals surface area contributed by atoms with E-state index < -0.39 is 11.7 Å². The number of hydrogen-bond acceptors (Lipinski definition) is 2. The summed E-state index contributed by atoms with van der Waals surface area (Å²) in [6, 6.07) is 5.14. The van der Waals surface area contributed by atoms with E-state index in [-0.39, 0.29) is 0 Å². The number of nitrogens with zero attached hydrogens (tertiary/aromatic N) is 1. The first kappa shape index (κ1) is 14.6. The zero-order valence-electron chi connectivity index (χ0n) is 11.1. The number of hydrogen-bond donors (Lipinski definition) is 2. The Bertz CT molecular complexity index is 561. The molecule has 1 aromatic carbocycles. The van der Waals surface area contributed by atoms with Crippen molar-refractivity contribution < 1.29 is 13.2 Å². The molecule has 3 nitrogen and oxygen atoms in total. The Kier molecular flexibility index (Phi) is 4.44. The predicted octanol–water partition coefficient (Wildman–Crippen LogP) is 3.60. The average Bonchev–Trinajstić information content (AvgIpc) is 2.87. The molecule has 6 heteroatoms. The zero-order chi connectivity index (χ0) is 14.6. The number of alkyl halides is 3. The highest BCUT2D eigenvalue weighted by atomic mass is 19.4. The third kappa shape index (κ3) is 3.60. The van der Waals surface area contributed by atoms with E-state index in [9.17, 15) is 13.2 Å². The molecule has 20 heavy (non-hydrogen) atoms. The maximum atomic E-state index is 12.7. The molecular weight excluding hydrogens is 267 g/mol. The summed E-state index contributed by atoms with van der Waals surface area (Å²) >= 11 is 0. The molecule has 2 N–H and O–H groups in total. The fourth-order valence-electron chi connectivity index (χ4n) is 1.84. The van der Waals surface area contributed by atoms with Crippen LogP contribution in [0.1, 0.15) is 24.6 Å². The summed E-state index contributed by atoms with van der Waals surface area (Å²) in [5.74, 6) is 0.449. The molecule has 0 aliphatic rings. The lowest BCUT2D eigenvalue weighted by Crippen LogP contribution is -2.13. The van der Waals surface area contributed by atoms with Gasteiger partial charge in [0, 0.05) is 24.0 Å². The first-order valence-corrected chi connectivity index (χ1v) is 6.43. The van der Waals surface area contributed by atoms with Crippen molar-refractivity contribution in [2.45, 2.75) is 26.1 Å². The smallest absolute Gasteiger partial charge is 0.341 e. The van der Waals surface area contributed by atoms with Crippen LogP contribution in [-0.4, -0.2) is 16.5 Å². The number of halogens is 3. The molecule has 0 spiro atoms. The molecule has 0 saturated carbocycles. The topological polar surface area (TPSA) is 40.7 Å². The highest BCUT2D eigenvalue weighted by Gasteiger charge is 2.30. The van der Waals surface area contributed by atoms with Gasteiger partial charge in [-0.2, -0.15) is 13.2 Å². The van der Waals surface area contributed by atoms with Crippen molar-refractivity contribution in [3.63, 3.8) is 0 Å². The Morgan fingerprint density at radius 2 is 2.10 bits per heavy atom. The van der Waals surface area contributed by atoms with Gasteiger partial charge in [-0.05, 0) is 25.1 Å². The van der Waals surface area contributed by atoms with Gasteiger partial charge in [0.05, 0.1) is 5.56 Å². The predicted molar refractivity (Wildman–Crippen MR) is 71.0 cm³/mol. The van der Waals surface area contributed by atoms with Gasteiger partial charge >= 0.3 is 6.18 Å². The number of rotatable bonds is 5. The van der Waals surface area contributed by atoms with Crippen molar-refractivity contribution in [3.05, 3.63) is 41.7 Å². The van der Waals surface area contributed by atoms with Crippen LogP contribution in [0.3, 0.4) is 0 Å². The van der Waals surface area contributed by atoms with Gasteiger partial charge in [0.1, 0.15) is 5.82 Å². The molecule has 0 radical (unpaired) electrons. The Labute approximate surface area is 115 Å². The van der Waals surface area contributed by atoms with Crippen LogP contribution in [0.2, 0.25) is 0 Å². The lowest BCUT2D eigenvalue weighted by Gasteiger charge is -2.07. The van der Waals surface area contributed by atoms with Gasteiger partial charge in [0.25, 0.3) is 0 Å². The van der Waals surface area contributed by atoms with Crippen LogP contribution >= 0.6 is 0 Å². The van der Waals surface area contributed by atoms with Crippen molar-refractivity contribution >= 4 is 0 Å². The number of H-pyrrole nitrogens is 1. The maximum absolute atomic E-state index is 12.7. The van der Waals surface area contributed by atoms with Crippen LogP contribution in [0.4, 0.5) is 13.2 Å². The molecule has 1 heterocycles. The Balaban J connectivity index is 2.16. The second-order valence-electron chi connectivity index (χ2n) is 4.51.